The molecule has 2 aromatic rings. The van der Waals surface area contributed by atoms with Crippen molar-refractivity contribution < 1.29 is 14.2 Å². The molecule has 0 bridgehead atoms. The van der Waals surface area contributed by atoms with Crippen LogP contribution in [0.5, 0.6) is 0 Å². The molecule has 0 spiro atoms. The number of benzene rings is 1. The van der Waals surface area contributed by atoms with Gasteiger partial charge in [0, 0.05) is 30.8 Å². The van der Waals surface area contributed by atoms with E-state index in [2.05, 4.69) is 15.8 Å². The van der Waals surface area contributed by atoms with Gasteiger partial charge in [0.1, 0.15) is 11.4 Å². The Morgan fingerprint density at radius 2 is 2.12 bits per heavy atom. The molecule has 0 saturated carbocycles. The van der Waals surface area contributed by atoms with E-state index in [0.717, 1.165) is 29.9 Å². The summed E-state index contributed by atoms with van der Waals surface area (Å²) < 4.78 is 5.11. The van der Waals surface area contributed by atoms with Gasteiger partial charge >= 0.3 is 0 Å². The van der Waals surface area contributed by atoms with Crippen LogP contribution in [0.25, 0.3) is 0 Å². The van der Waals surface area contributed by atoms with Crippen molar-refractivity contribution in [3.8, 4) is 0 Å². The van der Waals surface area contributed by atoms with Crippen LogP contribution in [0, 0.1) is 24.0 Å². The highest BCUT2D eigenvalue weighted by atomic mass is 16.6. The summed E-state index contributed by atoms with van der Waals surface area (Å²) in [4.78, 5) is 22.3. The van der Waals surface area contributed by atoms with E-state index in [4.69, 9.17) is 4.52 Å². The van der Waals surface area contributed by atoms with Crippen molar-refractivity contribution in [1.82, 2.24) is 10.5 Å². The Labute approximate surface area is 139 Å². The summed E-state index contributed by atoms with van der Waals surface area (Å²) in [5.74, 6) is 0.441. The molecule has 1 heterocycles. The number of aryl methyl sites for hydroxylation is 2. The number of anilines is 1. The van der Waals surface area contributed by atoms with Gasteiger partial charge in [-0.15, -0.1) is 0 Å². The van der Waals surface area contributed by atoms with Gasteiger partial charge in [-0.2, -0.15) is 0 Å². The van der Waals surface area contributed by atoms with E-state index in [-0.39, 0.29) is 17.2 Å². The summed E-state index contributed by atoms with van der Waals surface area (Å²) in [5.41, 5.74) is 2.47. The molecule has 0 radical (unpaired) electrons. The first-order valence-electron chi connectivity index (χ1n) is 7.60. The number of nitrogens with zero attached hydrogens (tertiary/aromatic N) is 2. The van der Waals surface area contributed by atoms with Crippen LogP contribution in [0.2, 0.25) is 0 Å². The molecule has 2 N–H and O–H groups in total. The first-order valence-corrected chi connectivity index (χ1v) is 7.60. The maximum absolute atomic E-state index is 11.6. The molecule has 0 unspecified atom stereocenters. The molecular formula is C16H20N4O4. The first-order chi connectivity index (χ1) is 11.4. The number of nitro groups is 1. The maximum Gasteiger partial charge on any atom is 0.293 e. The maximum atomic E-state index is 11.6. The summed E-state index contributed by atoms with van der Waals surface area (Å²) >= 11 is 0. The Bertz CT molecular complexity index is 735. The molecule has 24 heavy (non-hydrogen) atoms. The lowest BCUT2D eigenvalue weighted by Gasteiger charge is -2.08. The average Bonchev–Trinajstić information content (AvgIpc) is 2.89. The zero-order valence-electron chi connectivity index (χ0n) is 13.9. The molecule has 0 aliphatic heterocycles. The van der Waals surface area contributed by atoms with Crippen LogP contribution in [0.1, 0.15) is 33.8 Å². The van der Waals surface area contributed by atoms with Gasteiger partial charge in [0.05, 0.1) is 10.6 Å². The molecule has 0 atom stereocenters. The second kappa shape index (κ2) is 7.58. The second-order valence-electron chi connectivity index (χ2n) is 5.40. The Hall–Kier alpha value is -2.90. The normalized spacial score (nSPS) is 10.5. The second-order valence-corrected chi connectivity index (χ2v) is 5.40. The SMILES string of the molecule is CNC(=O)c1ccc(NCCCc2c(C)noc2C)c([N+](=O)[O-])c1. The summed E-state index contributed by atoms with van der Waals surface area (Å²) in [6.07, 6.45) is 1.55. The fourth-order valence-corrected chi connectivity index (χ4v) is 2.46. The summed E-state index contributed by atoms with van der Waals surface area (Å²) in [7, 11) is 1.48. The number of carbonyl (C=O) groups is 1. The molecule has 0 aliphatic carbocycles. The Morgan fingerprint density at radius 1 is 1.38 bits per heavy atom. The monoisotopic (exact) mass is 332 g/mol. The topological polar surface area (TPSA) is 110 Å². The largest absolute Gasteiger partial charge is 0.379 e. The lowest BCUT2D eigenvalue weighted by molar-refractivity contribution is -0.384. The summed E-state index contributed by atoms with van der Waals surface area (Å²) in [5, 5.41) is 20.6. The summed E-state index contributed by atoms with van der Waals surface area (Å²) in [6.45, 7) is 4.32. The van der Waals surface area contributed by atoms with Gasteiger partial charge in [0.2, 0.25) is 0 Å². The highest BCUT2D eigenvalue weighted by Crippen LogP contribution is 2.25. The molecule has 1 aromatic heterocycles. The molecule has 8 nitrogen and oxygen atoms in total. The van der Waals surface area contributed by atoms with E-state index in [9.17, 15) is 14.9 Å². The molecule has 2 rings (SSSR count). The van der Waals surface area contributed by atoms with E-state index in [1.165, 1.54) is 13.1 Å². The minimum absolute atomic E-state index is 0.117. The van der Waals surface area contributed by atoms with Crippen LogP contribution in [-0.2, 0) is 6.42 Å². The minimum Gasteiger partial charge on any atom is -0.379 e. The zero-order chi connectivity index (χ0) is 17.7. The van der Waals surface area contributed by atoms with Crippen LogP contribution in [0.15, 0.2) is 22.7 Å². The molecule has 0 saturated heterocycles. The molecule has 0 aliphatic rings. The number of nitro benzene ring substituents is 1. The smallest absolute Gasteiger partial charge is 0.293 e. The minimum atomic E-state index is -0.497. The van der Waals surface area contributed by atoms with Crippen molar-refractivity contribution in [3.63, 3.8) is 0 Å². The third kappa shape index (κ3) is 3.89. The van der Waals surface area contributed by atoms with Crippen molar-refractivity contribution in [2.45, 2.75) is 26.7 Å². The number of hydrogen-bond donors (Lipinski definition) is 2. The van der Waals surface area contributed by atoms with Crippen LogP contribution in [-0.4, -0.2) is 29.6 Å². The first kappa shape index (κ1) is 17.5. The Balaban J connectivity index is 2.01. The molecular weight excluding hydrogens is 312 g/mol. The van der Waals surface area contributed by atoms with Gasteiger partial charge in [-0.05, 0) is 38.8 Å². The van der Waals surface area contributed by atoms with Crippen molar-refractivity contribution in [1.29, 1.82) is 0 Å². The summed E-state index contributed by atoms with van der Waals surface area (Å²) in [6, 6.07) is 4.39. The number of amides is 1. The highest BCUT2D eigenvalue weighted by molar-refractivity contribution is 5.95. The van der Waals surface area contributed by atoms with E-state index < -0.39 is 4.92 Å². The van der Waals surface area contributed by atoms with Gasteiger partial charge in [0.25, 0.3) is 11.6 Å². The Morgan fingerprint density at radius 3 is 2.71 bits per heavy atom. The Kier molecular flexibility index (Phi) is 5.51. The van der Waals surface area contributed by atoms with Crippen LogP contribution < -0.4 is 10.6 Å². The third-order valence-corrected chi connectivity index (χ3v) is 3.78. The van der Waals surface area contributed by atoms with E-state index in [1.54, 1.807) is 12.1 Å². The van der Waals surface area contributed by atoms with Crippen molar-refractivity contribution in [2.75, 3.05) is 18.9 Å². The number of rotatable bonds is 7. The molecule has 1 amide bonds. The lowest BCUT2D eigenvalue weighted by Crippen LogP contribution is -2.18. The molecule has 8 heteroatoms. The number of carbonyl (C=O) groups excluding carboxylic acids is 1. The average molecular weight is 332 g/mol. The van der Waals surface area contributed by atoms with Gasteiger partial charge in [-0.3, -0.25) is 14.9 Å². The van der Waals surface area contributed by atoms with E-state index in [0.29, 0.717) is 12.2 Å². The lowest BCUT2D eigenvalue weighted by atomic mass is 10.1. The van der Waals surface area contributed by atoms with Crippen molar-refractivity contribution in [2.24, 2.45) is 0 Å². The van der Waals surface area contributed by atoms with E-state index >= 15 is 0 Å². The highest BCUT2D eigenvalue weighted by Gasteiger charge is 2.17. The molecule has 0 fully saturated rings. The van der Waals surface area contributed by atoms with Crippen LogP contribution >= 0.6 is 0 Å². The van der Waals surface area contributed by atoms with Crippen molar-refractivity contribution >= 4 is 17.3 Å². The fourth-order valence-electron chi connectivity index (χ4n) is 2.46. The number of nitrogens with one attached hydrogen (secondary N) is 2. The number of hydrogen-bond acceptors (Lipinski definition) is 6. The van der Waals surface area contributed by atoms with Gasteiger partial charge in [-0.25, -0.2) is 0 Å². The quantitative estimate of drug-likeness (QED) is 0.458. The molecule has 1 aromatic carbocycles. The fraction of sp³-hybridized carbons (Fsp3) is 0.375. The van der Waals surface area contributed by atoms with Gasteiger partial charge in [0.15, 0.2) is 0 Å². The number of aromatic nitrogens is 1. The van der Waals surface area contributed by atoms with Crippen LogP contribution in [0.3, 0.4) is 0 Å². The van der Waals surface area contributed by atoms with Crippen molar-refractivity contribution in [3.05, 3.63) is 50.9 Å². The predicted octanol–water partition coefficient (Wildman–Crippen LogP) is 2.60. The van der Waals surface area contributed by atoms with Gasteiger partial charge in [-0.1, -0.05) is 5.16 Å². The predicted molar refractivity (Wildman–Crippen MR) is 89.3 cm³/mol. The standard InChI is InChI=1S/C16H20N4O4/c1-10-13(11(2)24-19-10)5-4-8-18-14-7-6-12(16(21)17-3)9-15(14)20(22)23/h6-7,9,18H,4-5,8H2,1-3H3,(H,17,21). The van der Waals surface area contributed by atoms with Crippen LogP contribution in [0.4, 0.5) is 11.4 Å². The van der Waals surface area contributed by atoms with E-state index in [1.807, 2.05) is 13.8 Å². The third-order valence-electron chi connectivity index (χ3n) is 3.78. The zero-order valence-corrected chi connectivity index (χ0v) is 13.9. The van der Waals surface area contributed by atoms with Gasteiger partial charge < -0.3 is 15.2 Å². The molecule has 128 valence electrons.